The number of hydrogen-bond acceptors (Lipinski definition) is 7. The number of thiophene rings is 1. The molecule has 1 saturated carbocycles. The number of rotatable bonds is 5. The molecule has 1 aliphatic rings. The van der Waals surface area contributed by atoms with Crippen LogP contribution in [0.3, 0.4) is 0 Å². The fraction of sp³-hybridized carbons (Fsp3) is 0.292. The number of carboxylic acid groups (broad SMARTS) is 1. The maximum absolute atomic E-state index is 12.5. The zero-order valence-electron chi connectivity index (χ0n) is 18.1. The Morgan fingerprint density at radius 2 is 1.91 bits per heavy atom. The van der Waals surface area contributed by atoms with Crippen LogP contribution in [0.1, 0.15) is 54.6 Å². The number of carbonyl (C=O) groups excluding carboxylic acids is 1. The molecular formula is C24H23N5O3S. The molecule has 4 heterocycles. The van der Waals surface area contributed by atoms with Gasteiger partial charge in [-0.1, -0.05) is 6.07 Å². The predicted octanol–water partition coefficient (Wildman–Crippen LogP) is 4.66. The van der Waals surface area contributed by atoms with Gasteiger partial charge in [-0.15, -0.1) is 0 Å². The summed E-state index contributed by atoms with van der Waals surface area (Å²) >= 11 is 1.62. The summed E-state index contributed by atoms with van der Waals surface area (Å²) in [6.45, 7) is 1.48. The van der Waals surface area contributed by atoms with Crippen molar-refractivity contribution in [1.29, 1.82) is 0 Å². The SMILES string of the molecule is CC(=O)c1c(C2CCC(C(=O)O)CC2)nc2c(-c3ccc(-c4ccsc4)nc3)cnn2c1N. The summed E-state index contributed by atoms with van der Waals surface area (Å²) in [7, 11) is 0. The van der Waals surface area contributed by atoms with Crippen LogP contribution in [0, 0.1) is 5.92 Å². The minimum atomic E-state index is -0.764. The van der Waals surface area contributed by atoms with Crippen LogP contribution in [0.2, 0.25) is 0 Å². The van der Waals surface area contributed by atoms with E-state index in [1.807, 2.05) is 29.0 Å². The summed E-state index contributed by atoms with van der Waals surface area (Å²) < 4.78 is 1.51. The highest BCUT2D eigenvalue weighted by Crippen LogP contribution is 2.39. The Morgan fingerprint density at radius 3 is 2.52 bits per heavy atom. The van der Waals surface area contributed by atoms with E-state index in [2.05, 4.69) is 10.1 Å². The third kappa shape index (κ3) is 3.78. The summed E-state index contributed by atoms with van der Waals surface area (Å²) in [5, 5.41) is 17.8. The molecule has 0 bridgehead atoms. The molecule has 4 aromatic rings. The first kappa shape index (κ1) is 21.3. The number of nitrogens with two attached hydrogens (primary N) is 1. The van der Waals surface area contributed by atoms with Gasteiger partial charge in [0.2, 0.25) is 0 Å². The number of aliphatic carboxylic acids is 1. The van der Waals surface area contributed by atoms with Gasteiger partial charge >= 0.3 is 5.97 Å². The van der Waals surface area contributed by atoms with Crippen molar-refractivity contribution in [3.8, 4) is 22.4 Å². The van der Waals surface area contributed by atoms with Gasteiger partial charge in [0.1, 0.15) is 5.82 Å². The summed E-state index contributed by atoms with van der Waals surface area (Å²) in [6.07, 6.45) is 5.91. The monoisotopic (exact) mass is 461 g/mol. The molecule has 8 nitrogen and oxygen atoms in total. The van der Waals surface area contributed by atoms with Gasteiger partial charge < -0.3 is 10.8 Å². The van der Waals surface area contributed by atoms with Crippen molar-refractivity contribution < 1.29 is 14.7 Å². The predicted molar refractivity (Wildman–Crippen MR) is 126 cm³/mol. The van der Waals surface area contributed by atoms with E-state index in [1.165, 1.54) is 11.4 Å². The maximum atomic E-state index is 12.5. The topological polar surface area (TPSA) is 123 Å². The number of ketones is 1. The van der Waals surface area contributed by atoms with Crippen molar-refractivity contribution in [2.45, 2.75) is 38.5 Å². The highest BCUT2D eigenvalue weighted by Gasteiger charge is 2.31. The number of nitrogens with zero attached hydrogens (tertiary/aromatic N) is 4. The number of fused-ring (bicyclic) bond motifs is 1. The Hall–Kier alpha value is -3.59. The van der Waals surface area contributed by atoms with E-state index in [0.717, 1.165) is 22.4 Å². The molecule has 0 amide bonds. The van der Waals surface area contributed by atoms with Crippen molar-refractivity contribution in [2.24, 2.45) is 5.92 Å². The minimum absolute atomic E-state index is 0.0198. The molecule has 0 radical (unpaired) electrons. The Bertz CT molecular complexity index is 1340. The van der Waals surface area contributed by atoms with E-state index in [0.29, 0.717) is 42.6 Å². The summed E-state index contributed by atoms with van der Waals surface area (Å²) in [6, 6.07) is 5.96. The second-order valence-corrected chi connectivity index (χ2v) is 9.22. The molecule has 168 valence electrons. The average molecular weight is 462 g/mol. The molecule has 0 aromatic carbocycles. The Labute approximate surface area is 194 Å². The van der Waals surface area contributed by atoms with Crippen LogP contribution in [0.25, 0.3) is 28.0 Å². The first-order chi connectivity index (χ1) is 15.9. The zero-order chi connectivity index (χ0) is 23.1. The van der Waals surface area contributed by atoms with Gasteiger partial charge in [0.25, 0.3) is 0 Å². The second-order valence-electron chi connectivity index (χ2n) is 8.44. The summed E-state index contributed by atoms with van der Waals surface area (Å²) in [4.78, 5) is 33.3. The molecule has 4 aromatic heterocycles. The van der Waals surface area contributed by atoms with Gasteiger partial charge in [-0.2, -0.15) is 21.0 Å². The molecular weight excluding hydrogens is 438 g/mol. The molecule has 0 unspecified atom stereocenters. The highest BCUT2D eigenvalue weighted by molar-refractivity contribution is 7.08. The van der Waals surface area contributed by atoms with Crippen LogP contribution in [0.5, 0.6) is 0 Å². The zero-order valence-corrected chi connectivity index (χ0v) is 18.9. The van der Waals surface area contributed by atoms with Gasteiger partial charge in [0, 0.05) is 34.2 Å². The first-order valence-electron chi connectivity index (χ1n) is 10.8. The molecule has 1 fully saturated rings. The van der Waals surface area contributed by atoms with Gasteiger partial charge in [-0.3, -0.25) is 14.6 Å². The number of anilines is 1. The fourth-order valence-electron chi connectivity index (χ4n) is 4.64. The average Bonchev–Trinajstić information content (AvgIpc) is 3.49. The lowest BCUT2D eigenvalue weighted by Crippen LogP contribution is -2.23. The van der Waals surface area contributed by atoms with Gasteiger partial charge in [-0.25, -0.2) is 4.98 Å². The van der Waals surface area contributed by atoms with Crippen molar-refractivity contribution in [2.75, 3.05) is 5.73 Å². The van der Waals surface area contributed by atoms with Gasteiger partial charge in [0.15, 0.2) is 11.4 Å². The minimum Gasteiger partial charge on any atom is -0.481 e. The Balaban J connectivity index is 1.57. The number of nitrogen functional groups attached to an aromatic ring is 1. The lowest BCUT2D eigenvalue weighted by molar-refractivity contribution is -0.142. The van der Waals surface area contributed by atoms with Crippen LogP contribution in [-0.4, -0.2) is 36.4 Å². The Kier molecular flexibility index (Phi) is 5.41. The molecule has 9 heteroatoms. The molecule has 3 N–H and O–H groups in total. The molecule has 33 heavy (non-hydrogen) atoms. The van der Waals surface area contributed by atoms with Crippen molar-refractivity contribution >= 4 is 34.6 Å². The van der Waals surface area contributed by atoms with Crippen molar-refractivity contribution in [1.82, 2.24) is 19.6 Å². The van der Waals surface area contributed by atoms with Crippen LogP contribution in [-0.2, 0) is 4.79 Å². The van der Waals surface area contributed by atoms with Crippen LogP contribution in [0.4, 0.5) is 5.82 Å². The van der Waals surface area contributed by atoms with E-state index < -0.39 is 5.97 Å². The molecule has 5 rings (SSSR count). The first-order valence-corrected chi connectivity index (χ1v) is 11.8. The highest BCUT2D eigenvalue weighted by atomic mass is 32.1. The lowest BCUT2D eigenvalue weighted by atomic mass is 9.79. The summed E-state index contributed by atoms with van der Waals surface area (Å²) in [5.41, 5.74) is 11.6. The number of pyridine rings is 1. The van der Waals surface area contributed by atoms with Crippen LogP contribution >= 0.6 is 11.3 Å². The third-order valence-electron chi connectivity index (χ3n) is 6.42. The standard InChI is InChI=1S/C24H23N5O3S/c1-13(30)20-21(14-2-4-15(5-3-14)24(31)32)28-23-18(11-27-29(23)22(20)25)16-6-7-19(26-10-16)17-8-9-33-12-17/h6-12,14-15H,2-5,25H2,1H3,(H,31,32). The number of hydrogen-bond donors (Lipinski definition) is 2. The molecule has 0 atom stereocenters. The van der Waals surface area contributed by atoms with Crippen molar-refractivity contribution in [3.63, 3.8) is 0 Å². The molecule has 0 spiro atoms. The number of carbonyl (C=O) groups is 2. The van der Waals surface area contributed by atoms with E-state index in [4.69, 9.17) is 10.7 Å². The van der Waals surface area contributed by atoms with Gasteiger partial charge in [-0.05, 0) is 50.1 Å². The maximum Gasteiger partial charge on any atom is 0.306 e. The van der Waals surface area contributed by atoms with Gasteiger partial charge in [0.05, 0.1) is 29.1 Å². The number of carboxylic acids is 1. The number of Topliss-reactive ketones (excluding diaryl/α,β-unsaturated/α-hetero) is 1. The van der Waals surface area contributed by atoms with E-state index in [1.54, 1.807) is 23.7 Å². The van der Waals surface area contributed by atoms with Crippen LogP contribution in [0.15, 0.2) is 41.4 Å². The van der Waals surface area contributed by atoms with Crippen molar-refractivity contribution in [3.05, 3.63) is 52.6 Å². The lowest BCUT2D eigenvalue weighted by Gasteiger charge is -2.27. The second kappa shape index (κ2) is 8.40. The van der Waals surface area contributed by atoms with E-state index in [9.17, 15) is 14.7 Å². The smallest absolute Gasteiger partial charge is 0.306 e. The quantitative estimate of drug-likeness (QED) is 0.414. The molecule has 0 saturated heterocycles. The summed E-state index contributed by atoms with van der Waals surface area (Å²) in [5.74, 6) is -1.04. The Morgan fingerprint density at radius 1 is 1.12 bits per heavy atom. The van der Waals surface area contributed by atoms with Crippen LogP contribution < -0.4 is 5.73 Å². The van der Waals surface area contributed by atoms with E-state index in [-0.39, 0.29) is 23.4 Å². The normalized spacial score (nSPS) is 18.5. The van der Waals surface area contributed by atoms with E-state index >= 15 is 0 Å². The molecule has 1 aliphatic carbocycles. The fourth-order valence-corrected chi connectivity index (χ4v) is 5.29. The third-order valence-corrected chi connectivity index (χ3v) is 7.10. The molecule has 0 aliphatic heterocycles. The largest absolute Gasteiger partial charge is 0.481 e. The number of aromatic nitrogens is 4.